The van der Waals surface area contributed by atoms with Crippen molar-refractivity contribution < 1.29 is 9.47 Å². The van der Waals surface area contributed by atoms with E-state index in [-0.39, 0.29) is 0 Å². The van der Waals surface area contributed by atoms with Crippen molar-refractivity contribution in [1.29, 1.82) is 0 Å². The van der Waals surface area contributed by atoms with E-state index in [0.717, 1.165) is 29.4 Å². The molecule has 2 aromatic rings. The zero-order valence-corrected chi connectivity index (χ0v) is 12.0. The lowest BCUT2D eigenvalue weighted by molar-refractivity contribution is 0.199. The van der Waals surface area contributed by atoms with Crippen molar-refractivity contribution in [3.05, 3.63) is 29.6 Å². The molecule has 20 heavy (non-hydrogen) atoms. The molecule has 0 aliphatic heterocycles. The SMILES string of the molecule is COCCNCc1nnnn1-c1ccc(OC)cc1C. The highest BCUT2D eigenvalue weighted by Crippen LogP contribution is 2.20. The van der Waals surface area contributed by atoms with Crippen LogP contribution in [0.2, 0.25) is 0 Å². The van der Waals surface area contributed by atoms with Gasteiger partial charge in [-0.3, -0.25) is 0 Å². The summed E-state index contributed by atoms with van der Waals surface area (Å²) in [5.74, 6) is 1.58. The minimum absolute atomic E-state index is 0.585. The third-order valence-electron chi connectivity index (χ3n) is 2.93. The molecule has 108 valence electrons. The summed E-state index contributed by atoms with van der Waals surface area (Å²) in [5, 5.41) is 15.1. The highest BCUT2D eigenvalue weighted by atomic mass is 16.5. The normalized spacial score (nSPS) is 10.8. The highest BCUT2D eigenvalue weighted by molar-refractivity contribution is 5.44. The Morgan fingerprint density at radius 1 is 1.30 bits per heavy atom. The van der Waals surface area contributed by atoms with Crippen LogP contribution in [0, 0.1) is 6.92 Å². The predicted molar refractivity (Wildman–Crippen MR) is 74.0 cm³/mol. The summed E-state index contributed by atoms with van der Waals surface area (Å²) >= 11 is 0. The fourth-order valence-electron chi connectivity index (χ4n) is 1.87. The Morgan fingerprint density at radius 2 is 2.15 bits per heavy atom. The molecule has 1 N–H and O–H groups in total. The van der Waals surface area contributed by atoms with Crippen molar-refractivity contribution in [2.75, 3.05) is 27.4 Å². The molecule has 0 radical (unpaired) electrons. The Hall–Kier alpha value is -1.99. The van der Waals surface area contributed by atoms with Crippen molar-refractivity contribution in [3.63, 3.8) is 0 Å². The molecule has 0 saturated heterocycles. The number of nitrogens with zero attached hydrogens (tertiary/aromatic N) is 4. The molecule has 7 nitrogen and oxygen atoms in total. The van der Waals surface area contributed by atoms with Gasteiger partial charge in [0.15, 0.2) is 5.82 Å². The molecule has 0 fully saturated rings. The molecule has 0 unspecified atom stereocenters. The number of benzene rings is 1. The Bertz CT molecular complexity index is 555. The monoisotopic (exact) mass is 277 g/mol. The summed E-state index contributed by atoms with van der Waals surface area (Å²) in [5.41, 5.74) is 1.99. The van der Waals surface area contributed by atoms with Crippen LogP contribution < -0.4 is 10.1 Å². The van der Waals surface area contributed by atoms with Crippen LogP contribution in [0.3, 0.4) is 0 Å². The number of hydrogen-bond donors (Lipinski definition) is 1. The summed E-state index contributed by atoms with van der Waals surface area (Å²) in [6, 6.07) is 5.80. The third kappa shape index (κ3) is 3.31. The van der Waals surface area contributed by atoms with Crippen molar-refractivity contribution in [3.8, 4) is 11.4 Å². The molecule has 0 spiro atoms. The topological polar surface area (TPSA) is 74.1 Å². The first-order valence-corrected chi connectivity index (χ1v) is 6.38. The molecule has 0 aliphatic carbocycles. The fourth-order valence-corrected chi connectivity index (χ4v) is 1.87. The third-order valence-corrected chi connectivity index (χ3v) is 2.93. The van der Waals surface area contributed by atoms with Gasteiger partial charge in [0.25, 0.3) is 0 Å². The first-order valence-electron chi connectivity index (χ1n) is 6.38. The molecule has 0 aliphatic rings. The van der Waals surface area contributed by atoms with E-state index in [4.69, 9.17) is 9.47 Å². The molecule has 2 rings (SSSR count). The lowest BCUT2D eigenvalue weighted by atomic mass is 10.2. The van der Waals surface area contributed by atoms with Gasteiger partial charge >= 0.3 is 0 Å². The van der Waals surface area contributed by atoms with Gasteiger partial charge < -0.3 is 14.8 Å². The number of aryl methyl sites for hydroxylation is 1. The average molecular weight is 277 g/mol. The summed E-state index contributed by atoms with van der Waals surface area (Å²) in [7, 11) is 3.32. The van der Waals surface area contributed by atoms with Gasteiger partial charge in [0.05, 0.1) is 25.9 Å². The van der Waals surface area contributed by atoms with E-state index < -0.39 is 0 Å². The van der Waals surface area contributed by atoms with Crippen LogP contribution in [-0.4, -0.2) is 47.6 Å². The Morgan fingerprint density at radius 3 is 2.85 bits per heavy atom. The summed E-state index contributed by atoms with van der Waals surface area (Å²) < 4.78 is 11.9. The maximum absolute atomic E-state index is 5.20. The van der Waals surface area contributed by atoms with E-state index in [2.05, 4.69) is 20.8 Å². The number of tetrazole rings is 1. The van der Waals surface area contributed by atoms with E-state index in [1.165, 1.54) is 0 Å². The van der Waals surface area contributed by atoms with Gasteiger partial charge in [0.1, 0.15) is 5.75 Å². The molecule has 7 heteroatoms. The molecule has 0 saturated carbocycles. The van der Waals surface area contributed by atoms with E-state index in [1.807, 2.05) is 25.1 Å². The minimum Gasteiger partial charge on any atom is -0.497 e. The molecule has 0 bridgehead atoms. The maximum atomic E-state index is 5.20. The lowest BCUT2D eigenvalue weighted by Gasteiger charge is -2.09. The second-order valence-electron chi connectivity index (χ2n) is 4.33. The van der Waals surface area contributed by atoms with Crippen LogP contribution >= 0.6 is 0 Å². The zero-order chi connectivity index (χ0) is 14.4. The predicted octanol–water partition coefficient (Wildman–Crippen LogP) is 0.715. The molecule has 1 aromatic heterocycles. The molecule has 0 amide bonds. The first kappa shape index (κ1) is 14.4. The zero-order valence-electron chi connectivity index (χ0n) is 12.0. The number of aromatic nitrogens is 4. The van der Waals surface area contributed by atoms with Crippen LogP contribution in [-0.2, 0) is 11.3 Å². The van der Waals surface area contributed by atoms with Crippen LogP contribution in [0.5, 0.6) is 5.75 Å². The Balaban J connectivity index is 2.15. The summed E-state index contributed by atoms with van der Waals surface area (Å²) in [6.07, 6.45) is 0. The van der Waals surface area contributed by atoms with E-state index in [0.29, 0.717) is 13.2 Å². The lowest BCUT2D eigenvalue weighted by Crippen LogP contribution is -2.21. The van der Waals surface area contributed by atoms with Crippen molar-refractivity contribution >= 4 is 0 Å². The van der Waals surface area contributed by atoms with Crippen LogP contribution in [0.1, 0.15) is 11.4 Å². The van der Waals surface area contributed by atoms with Crippen molar-refractivity contribution in [2.24, 2.45) is 0 Å². The number of ether oxygens (including phenoxy) is 2. The highest BCUT2D eigenvalue weighted by Gasteiger charge is 2.10. The number of rotatable bonds is 7. The Kier molecular flexibility index (Phi) is 5.03. The largest absolute Gasteiger partial charge is 0.497 e. The van der Waals surface area contributed by atoms with E-state index >= 15 is 0 Å². The van der Waals surface area contributed by atoms with Crippen molar-refractivity contribution in [2.45, 2.75) is 13.5 Å². The number of hydrogen-bond acceptors (Lipinski definition) is 6. The standard InChI is InChI=1S/C13H19N5O2/c1-10-8-11(20-3)4-5-12(10)18-13(15-16-17-18)9-14-6-7-19-2/h4-5,8,14H,6-7,9H2,1-3H3. The van der Waals surface area contributed by atoms with Gasteiger partial charge in [-0.25, -0.2) is 0 Å². The van der Waals surface area contributed by atoms with Crippen molar-refractivity contribution in [1.82, 2.24) is 25.5 Å². The molecular formula is C13H19N5O2. The number of nitrogens with one attached hydrogen (secondary N) is 1. The smallest absolute Gasteiger partial charge is 0.170 e. The van der Waals surface area contributed by atoms with Gasteiger partial charge in [-0.2, -0.15) is 4.68 Å². The Labute approximate surface area is 117 Å². The molecule has 0 atom stereocenters. The van der Waals surface area contributed by atoms with Gasteiger partial charge in [0, 0.05) is 13.7 Å². The summed E-state index contributed by atoms with van der Waals surface area (Å²) in [6.45, 7) is 4.00. The van der Waals surface area contributed by atoms with Crippen LogP contribution in [0.15, 0.2) is 18.2 Å². The van der Waals surface area contributed by atoms with Gasteiger partial charge in [0.2, 0.25) is 0 Å². The minimum atomic E-state index is 0.585. The second-order valence-corrected chi connectivity index (χ2v) is 4.33. The number of methoxy groups -OCH3 is 2. The fraction of sp³-hybridized carbons (Fsp3) is 0.462. The van der Waals surface area contributed by atoms with Gasteiger partial charge in [-0.05, 0) is 41.1 Å². The molecule has 1 heterocycles. The van der Waals surface area contributed by atoms with E-state index in [1.54, 1.807) is 18.9 Å². The van der Waals surface area contributed by atoms with Gasteiger partial charge in [-0.15, -0.1) is 5.10 Å². The van der Waals surface area contributed by atoms with Gasteiger partial charge in [-0.1, -0.05) is 0 Å². The quantitative estimate of drug-likeness (QED) is 0.752. The second kappa shape index (κ2) is 6.97. The maximum Gasteiger partial charge on any atom is 0.170 e. The van der Waals surface area contributed by atoms with Crippen LogP contribution in [0.25, 0.3) is 5.69 Å². The van der Waals surface area contributed by atoms with E-state index in [9.17, 15) is 0 Å². The van der Waals surface area contributed by atoms with Crippen LogP contribution in [0.4, 0.5) is 0 Å². The molecule has 1 aromatic carbocycles. The summed E-state index contributed by atoms with van der Waals surface area (Å²) in [4.78, 5) is 0. The molecular weight excluding hydrogens is 258 g/mol. The first-order chi connectivity index (χ1) is 9.76. The average Bonchev–Trinajstić information content (AvgIpc) is 2.91.